The SMILES string of the molecule is CCCCCCCCCCCCCc1nnc(S(=O)(=O)C(Br)(Br)Br)n1-c1ccc(S(=O)(=O)O)cc1. The molecule has 0 atom stereocenters. The van der Waals surface area contributed by atoms with Crippen LogP contribution in [0.4, 0.5) is 0 Å². The molecule has 0 aliphatic rings. The lowest BCUT2D eigenvalue weighted by Crippen LogP contribution is -2.22. The Balaban J connectivity index is 2.08. The average molecular weight is 722 g/mol. The molecule has 0 saturated heterocycles. The molecule has 13 heteroatoms. The quantitative estimate of drug-likeness (QED) is 0.120. The van der Waals surface area contributed by atoms with Crippen LogP contribution in [0.15, 0.2) is 34.3 Å². The Hall–Kier alpha value is -0.340. The van der Waals surface area contributed by atoms with Crippen molar-refractivity contribution in [2.24, 2.45) is 0 Å². The van der Waals surface area contributed by atoms with Crippen molar-refractivity contribution in [2.45, 2.75) is 95.5 Å². The maximum atomic E-state index is 13.0. The van der Waals surface area contributed by atoms with Crippen molar-refractivity contribution in [2.75, 3.05) is 0 Å². The molecule has 0 fully saturated rings. The van der Waals surface area contributed by atoms with E-state index in [0.29, 0.717) is 17.9 Å². The molecule has 8 nitrogen and oxygen atoms in total. The monoisotopic (exact) mass is 719 g/mol. The summed E-state index contributed by atoms with van der Waals surface area (Å²) in [5.74, 6) is 0.454. The first kappa shape index (κ1) is 30.9. The second-order valence-electron chi connectivity index (χ2n) is 8.44. The summed E-state index contributed by atoms with van der Waals surface area (Å²) in [6.45, 7) is 2.22. The number of hydrogen-bond donors (Lipinski definition) is 1. The Morgan fingerprint density at radius 1 is 0.800 bits per heavy atom. The third-order valence-corrected chi connectivity index (χ3v) is 11.7. The minimum atomic E-state index is -4.38. The smallest absolute Gasteiger partial charge is 0.282 e. The van der Waals surface area contributed by atoms with Crippen molar-refractivity contribution in [3.63, 3.8) is 0 Å². The van der Waals surface area contributed by atoms with Crippen LogP contribution in [0.5, 0.6) is 0 Å². The van der Waals surface area contributed by atoms with Crippen molar-refractivity contribution in [1.29, 1.82) is 0 Å². The molecule has 1 aromatic carbocycles. The molecule has 1 aromatic heterocycles. The zero-order valence-corrected chi connectivity index (χ0v) is 26.1. The highest BCUT2D eigenvalue weighted by Gasteiger charge is 2.42. The molecule has 0 aliphatic carbocycles. The number of alkyl halides is 3. The van der Waals surface area contributed by atoms with E-state index in [1.165, 1.54) is 80.2 Å². The van der Waals surface area contributed by atoms with Gasteiger partial charge in [0, 0.05) is 12.1 Å². The molecular weight excluding hydrogens is 690 g/mol. The summed E-state index contributed by atoms with van der Waals surface area (Å²) in [7, 11) is -8.43. The van der Waals surface area contributed by atoms with E-state index in [4.69, 9.17) is 0 Å². The van der Waals surface area contributed by atoms with Gasteiger partial charge in [0.25, 0.3) is 15.3 Å². The fourth-order valence-corrected chi connectivity index (χ4v) is 6.30. The van der Waals surface area contributed by atoms with Gasteiger partial charge in [-0.1, -0.05) is 71.1 Å². The zero-order valence-electron chi connectivity index (χ0n) is 19.7. The second kappa shape index (κ2) is 14.0. The molecular formula is C22H32Br3N3O5S2. The highest BCUT2D eigenvalue weighted by Crippen LogP contribution is 2.43. The van der Waals surface area contributed by atoms with Gasteiger partial charge in [-0.15, -0.1) is 10.2 Å². The number of sulfone groups is 1. The molecule has 2 rings (SSSR count). The molecule has 198 valence electrons. The van der Waals surface area contributed by atoms with E-state index in [2.05, 4.69) is 64.9 Å². The van der Waals surface area contributed by atoms with E-state index in [0.717, 1.165) is 19.3 Å². The first-order valence-corrected chi connectivity index (χ1v) is 17.0. The van der Waals surface area contributed by atoms with Gasteiger partial charge in [-0.25, -0.2) is 8.42 Å². The summed E-state index contributed by atoms with van der Waals surface area (Å²) >= 11 is 9.16. The Morgan fingerprint density at radius 2 is 1.29 bits per heavy atom. The molecule has 0 unspecified atom stereocenters. The van der Waals surface area contributed by atoms with E-state index in [1.54, 1.807) is 0 Å². The summed E-state index contributed by atoms with van der Waals surface area (Å²) in [6, 6.07) is 5.23. The number of rotatable bonds is 15. The lowest BCUT2D eigenvalue weighted by Gasteiger charge is -2.15. The van der Waals surface area contributed by atoms with Crippen LogP contribution in [0.2, 0.25) is 0 Å². The van der Waals surface area contributed by atoms with Crippen molar-refractivity contribution >= 4 is 67.7 Å². The molecule has 1 N–H and O–H groups in total. The molecule has 0 amide bonds. The average Bonchev–Trinajstić information content (AvgIpc) is 3.21. The predicted octanol–water partition coefficient (Wildman–Crippen LogP) is 6.94. The summed E-state index contributed by atoms with van der Waals surface area (Å²) in [5, 5.41) is 7.76. The minimum absolute atomic E-state index is 0.290. The number of hydrogen-bond acceptors (Lipinski definition) is 6. The predicted molar refractivity (Wildman–Crippen MR) is 148 cm³/mol. The lowest BCUT2D eigenvalue weighted by atomic mass is 10.1. The van der Waals surface area contributed by atoms with Gasteiger partial charge in [0.2, 0.25) is 11.3 Å². The maximum absolute atomic E-state index is 13.0. The molecule has 0 radical (unpaired) electrons. The number of aromatic nitrogens is 3. The largest absolute Gasteiger partial charge is 0.294 e. The van der Waals surface area contributed by atoms with Crippen LogP contribution < -0.4 is 0 Å². The third-order valence-electron chi connectivity index (χ3n) is 5.64. The van der Waals surface area contributed by atoms with Crippen molar-refractivity contribution in [1.82, 2.24) is 14.8 Å². The summed E-state index contributed by atoms with van der Waals surface area (Å²) in [4.78, 5) is -0.290. The van der Waals surface area contributed by atoms with Crippen LogP contribution in [0.3, 0.4) is 0 Å². The second-order valence-corrected chi connectivity index (χ2v) is 20.2. The molecule has 35 heavy (non-hydrogen) atoms. The van der Waals surface area contributed by atoms with E-state index in [1.807, 2.05) is 0 Å². The van der Waals surface area contributed by atoms with Gasteiger partial charge < -0.3 is 0 Å². The van der Waals surface area contributed by atoms with E-state index < -0.39 is 21.4 Å². The number of nitrogens with zero attached hydrogens (tertiary/aromatic N) is 3. The summed E-state index contributed by atoms with van der Waals surface area (Å²) in [6.07, 6.45) is 13.6. The fourth-order valence-electron chi connectivity index (χ4n) is 3.71. The number of benzene rings is 1. The van der Waals surface area contributed by atoms with Crippen LogP contribution in [-0.2, 0) is 26.4 Å². The van der Waals surface area contributed by atoms with E-state index in [9.17, 15) is 21.4 Å². The Bertz CT molecular complexity index is 1150. The van der Waals surface area contributed by atoms with Crippen molar-refractivity contribution < 1.29 is 21.4 Å². The molecule has 1 heterocycles. The number of unbranched alkanes of at least 4 members (excludes halogenated alkanes) is 10. The fraction of sp³-hybridized carbons (Fsp3) is 0.636. The molecule has 0 spiro atoms. The minimum Gasteiger partial charge on any atom is -0.282 e. The van der Waals surface area contributed by atoms with Gasteiger partial charge in [-0.05, 0) is 78.5 Å². The summed E-state index contributed by atoms with van der Waals surface area (Å²) < 4.78 is 57.9. The Morgan fingerprint density at radius 3 is 1.74 bits per heavy atom. The zero-order chi connectivity index (χ0) is 26.1. The van der Waals surface area contributed by atoms with E-state index in [-0.39, 0.29) is 10.1 Å². The summed E-state index contributed by atoms with van der Waals surface area (Å²) in [5.41, 5.74) is 0.371. The normalized spacial score (nSPS) is 12.8. The van der Waals surface area contributed by atoms with E-state index >= 15 is 0 Å². The van der Waals surface area contributed by atoms with Gasteiger partial charge in [0.1, 0.15) is 5.82 Å². The van der Waals surface area contributed by atoms with Gasteiger partial charge >= 0.3 is 0 Å². The van der Waals surface area contributed by atoms with Gasteiger partial charge in [0.05, 0.1) is 4.90 Å². The van der Waals surface area contributed by atoms with Gasteiger partial charge in [-0.2, -0.15) is 8.42 Å². The van der Waals surface area contributed by atoms with Crippen LogP contribution in [-0.4, -0.2) is 37.6 Å². The first-order valence-electron chi connectivity index (χ1n) is 11.7. The van der Waals surface area contributed by atoms with Crippen molar-refractivity contribution in [3.05, 3.63) is 30.1 Å². The molecule has 0 saturated carbocycles. The van der Waals surface area contributed by atoms with Gasteiger partial charge in [-0.3, -0.25) is 9.12 Å². The highest BCUT2D eigenvalue weighted by atomic mass is 80.0. The van der Waals surface area contributed by atoms with Crippen LogP contribution in [0, 0.1) is 0 Å². The van der Waals surface area contributed by atoms with Crippen LogP contribution in [0.25, 0.3) is 5.69 Å². The topological polar surface area (TPSA) is 119 Å². The number of aryl methyl sites for hydroxylation is 1. The molecule has 2 aromatic rings. The Labute approximate surface area is 233 Å². The Kier molecular flexibility index (Phi) is 12.3. The van der Waals surface area contributed by atoms with Crippen LogP contribution in [0.1, 0.15) is 83.4 Å². The maximum Gasteiger partial charge on any atom is 0.294 e. The standard InChI is InChI=1S/C22H32Br3N3O5S2/c1-2-3-4-5-6-7-8-9-10-11-12-13-20-26-27-21(34(29,30)22(23,24)25)28(20)18-14-16-19(17-15-18)35(31,32)33/h14-17H,2-13H2,1H3,(H,31,32,33). The first-order chi connectivity index (χ1) is 16.4. The van der Waals surface area contributed by atoms with Crippen molar-refractivity contribution in [3.8, 4) is 5.69 Å². The third kappa shape index (κ3) is 9.17. The molecule has 0 aliphatic heterocycles. The molecule has 0 bridgehead atoms. The van der Waals surface area contributed by atoms with Gasteiger partial charge in [0.15, 0.2) is 0 Å². The number of halogens is 3. The highest BCUT2D eigenvalue weighted by molar-refractivity contribution is 9.42. The lowest BCUT2D eigenvalue weighted by molar-refractivity contribution is 0.483. The van der Waals surface area contributed by atoms with Crippen LogP contribution >= 0.6 is 47.8 Å².